The minimum Gasteiger partial charge on any atom is -0.396 e. The van der Waals surface area contributed by atoms with E-state index in [-0.39, 0.29) is 0 Å². The fourth-order valence-corrected chi connectivity index (χ4v) is 2.99. The first kappa shape index (κ1) is 9.28. The smallest absolute Gasteiger partial charge is 0.153 e. The summed E-state index contributed by atoms with van der Waals surface area (Å²) in [4.78, 5) is 6.67. The standard InChI is InChI=1S/C11H14ClN3/c12-10-4-3-9(13)11(14-10)15-6-7-1-2-8(15)5-7/h3-4,7-8H,1-2,5-6,13H2. The van der Waals surface area contributed by atoms with Crippen molar-refractivity contribution in [2.24, 2.45) is 5.92 Å². The Labute approximate surface area is 94.2 Å². The maximum atomic E-state index is 5.94. The van der Waals surface area contributed by atoms with Gasteiger partial charge in [-0.15, -0.1) is 0 Å². The second kappa shape index (κ2) is 3.27. The van der Waals surface area contributed by atoms with Gasteiger partial charge in [-0.2, -0.15) is 0 Å². The van der Waals surface area contributed by atoms with Crippen LogP contribution in [0.2, 0.25) is 5.15 Å². The van der Waals surface area contributed by atoms with Crippen molar-refractivity contribution < 1.29 is 0 Å². The summed E-state index contributed by atoms with van der Waals surface area (Å²) in [5.74, 6) is 1.73. The predicted octanol–water partition coefficient (Wildman–Crippen LogP) is 2.31. The molecule has 1 aliphatic heterocycles. The molecule has 1 aromatic rings. The van der Waals surface area contributed by atoms with Crippen LogP contribution in [-0.2, 0) is 0 Å². The van der Waals surface area contributed by atoms with Gasteiger partial charge in [0.15, 0.2) is 5.82 Å². The lowest BCUT2D eigenvalue weighted by Crippen LogP contribution is -2.33. The van der Waals surface area contributed by atoms with E-state index >= 15 is 0 Å². The summed E-state index contributed by atoms with van der Waals surface area (Å²) >= 11 is 5.90. The number of piperidine rings is 1. The number of hydrogen-bond acceptors (Lipinski definition) is 3. The second-order valence-electron chi connectivity index (χ2n) is 4.53. The Morgan fingerprint density at radius 3 is 2.93 bits per heavy atom. The third-order valence-electron chi connectivity index (χ3n) is 3.55. The first-order valence-electron chi connectivity index (χ1n) is 5.42. The topological polar surface area (TPSA) is 42.1 Å². The highest BCUT2D eigenvalue weighted by Gasteiger charge is 2.38. The molecule has 1 aliphatic carbocycles. The van der Waals surface area contributed by atoms with Crippen molar-refractivity contribution >= 4 is 23.1 Å². The first-order valence-corrected chi connectivity index (χ1v) is 5.80. The molecular weight excluding hydrogens is 210 g/mol. The van der Waals surface area contributed by atoms with Crippen LogP contribution in [0.5, 0.6) is 0 Å². The Balaban J connectivity index is 1.96. The van der Waals surface area contributed by atoms with Crippen molar-refractivity contribution in [2.45, 2.75) is 25.3 Å². The fraction of sp³-hybridized carbons (Fsp3) is 0.545. The maximum Gasteiger partial charge on any atom is 0.153 e. The third-order valence-corrected chi connectivity index (χ3v) is 3.76. The molecule has 2 atom stereocenters. The Morgan fingerprint density at radius 1 is 1.40 bits per heavy atom. The zero-order valence-corrected chi connectivity index (χ0v) is 9.24. The lowest BCUT2D eigenvalue weighted by Gasteiger charge is -2.29. The minimum atomic E-state index is 0.530. The summed E-state index contributed by atoms with van der Waals surface area (Å²) in [6, 6.07) is 4.23. The van der Waals surface area contributed by atoms with Gasteiger partial charge in [0.05, 0.1) is 5.69 Å². The van der Waals surface area contributed by atoms with Crippen LogP contribution in [0.3, 0.4) is 0 Å². The van der Waals surface area contributed by atoms with E-state index in [9.17, 15) is 0 Å². The summed E-state index contributed by atoms with van der Waals surface area (Å²) < 4.78 is 0. The molecule has 2 unspecified atom stereocenters. The monoisotopic (exact) mass is 223 g/mol. The summed E-state index contributed by atoms with van der Waals surface area (Å²) in [7, 11) is 0. The van der Waals surface area contributed by atoms with Gasteiger partial charge in [0.1, 0.15) is 5.15 Å². The quantitative estimate of drug-likeness (QED) is 0.743. The van der Waals surface area contributed by atoms with E-state index in [1.165, 1.54) is 19.3 Å². The molecule has 0 aromatic carbocycles. The van der Waals surface area contributed by atoms with Crippen LogP contribution in [0, 0.1) is 5.92 Å². The zero-order valence-electron chi connectivity index (χ0n) is 8.49. The average Bonchev–Trinajstić information content (AvgIpc) is 2.83. The molecule has 3 nitrogen and oxygen atoms in total. The van der Waals surface area contributed by atoms with Crippen molar-refractivity contribution in [1.82, 2.24) is 4.98 Å². The number of fused-ring (bicyclic) bond motifs is 2. The fourth-order valence-electron chi connectivity index (χ4n) is 2.85. The zero-order chi connectivity index (χ0) is 10.4. The summed E-state index contributed by atoms with van der Waals surface area (Å²) in [6.45, 7) is 1.10. The Bertz CT molecular complexity index is 393. The molecule has 1 saturated heterocycles. The van der Waals surface area contributed by atoms with Gasteiger partial charge < -0.3 is 10.6 Å². The lowest BCUT2D eigenvalue weighted by atomic mass is 10.1. The number of nitrogen functional groups attached to an aromatic ring is 1. The lowest BCUT2D eigenvalue weighted by molar-refractivity contribution is 0.551. The molecule has 2 bridgehead atoms. The van der Waals surface area contributed by atoms with Crippen LogP contribution >= 0.6 is 11.6 Å². The van der Waals surface area contributed by atoms with Gasteiger partial charge in [-0.1, -0.05) is 11.6 Å². The molecular formula is C11H14ClN3. The number of hydrogen-bond donors (Lipinski definition) is 1. The van der Waals surface area contributed by atoms with E-state index in [0.29, 0.717) is 11.2 Å². The molecule has 3 rings (SSSR count). The molecule has 15 heavy (non-hydrogen) atoms. The Morgan fingerprint density at radius 2 is 2.27 bits per heavy atom. The van der Waals surface area contributed by atoms with Crippen LogP contribution in [0.25, 0.3) is 0 Å². The summed E-state index contributed by atoms with van der Waals surface area (Å²) in [6.07, 6.45) is 3.94. The molecule has 80 valence electrons. The van der Waals surface area contributed by atoms with Gasteiger partial charge in [-0.05, 0) is 37.3 Å². The molecule has 2 N–H and O–H groups in total. The van der Waals surface area contributed by atoms with Crippen LogP contribution in [0.4, 0.5) is 11.5 Å². The van der Waals surface area contributed by atoms with Gasteiger partial charge in [-0.25, -0.2) is 4.98 Å². The Hall–Kier alpha value is -0.960. The molecule has 1 aromatic heterocycles. The van der Waals surface area contributed by atoms with E-state index in [4.69, 9.17) is 17.3 Å². The van der Waals surface area contributed by atoms with E-state index in [2.05, 4.69) is 9.88 Å². The molecule has 0 spiro atoms. The minimum absolute atomic E-state index is 0.530. The molecule has 4 heteroatoms. The van der Waals surface area contributed by atoms with Gasteiger partial charge in [-0.3, -0.25) is 0 Å². The maximum absolute atomic E-state index is 5.94. The van der Waals surface area contributed by atoms with Gasteiger partial charge in [0.2, 0.25) is 0 Å². The van der Waals surface area contributed by atoms with E-state index < -0.39 is 0 Å². The number of rotatable bonds is 1. The van der Waals surface area contributed by atoms with Crippen LogP contribution in [0.15, 0.2) is 12.1 Å². The molecule has 2 fully saturated rings. The van der Waals surface area contributed by atoms with Crippen molar-refractivity contribution in [1.29, 1.82) is 0 Å². The predicted molar refractivity (Wildman–Crippen MR) is 62.1 cm³/mol. The molecule has 1 saturated carbocycles. The summed E-state index contributed by atoms with van der Waals surface area (Å²) in [5.41, 5.74) is 6.68. The largest absolute Gasteiger partial charge is 0.396 e. The van der Waals surface area contributed by atoms with E-state index in [1.807, 2.05) is 6.07 Å². The normalized spacial score (nSPS) is 28.7. The van der Waals surface area contributed by atoms with Gasteiger partial charge >= 0.3 is 0 Å². The number of anilines is 2. The number of nitrogens with two attached hydrogens (primary N) is 1. The second-order valence-corrected chi connectivity index (χ2v) is 4.92. The highest BCUT2D eigenvalue weighted by molar-refractivity contribution is 6.29. The van der Waals surface area contributed by atoms with Crippen molar-refractivity contribution in [3.63, 3.8) is 0 Å². The third kappa shape index (κ3) is 1.46. The number of halogens is 1. The molecule has 0 radical (unpaired) electrons. The van der Waals surface area contributed by atoms with E-state index in [1.54, 1.807) is 6.07 Å². The van der Waals surface area contributed by atoms with Gasteiger partial charge in [0.25, 0.3) is 0 Å². The highest BCUT2D eigenvalue weighted by atomic mass is 35.5. The van der Waals surface area contributed by atoms with Crippen LogP contribution in [0.1, 0.15) is 19.3 Å². The molecule has 2 aliphatic rings. The number of pyridine rings is 1. The van der Waals surface area contributed by atoms with Crippen LogP contribution in [-0.4, -0.2) is 17.6 Å². The SMILES string of the molecule is Nc1ccc(Cl)nc1N1CC2CCC1C2. The van der Waals surface area contributed by atoms with Crippen molar-refractivity contribution in [2.75, 3.05) is 17.2 Å². The van der Waals surface area contributed by atoms with Crippen molar-refractivity contribution in [3.05, 3.63) is 17.3 Å². The highest BCUT2D eigenvalue weighted by Crippen LogP contribution is 2.41. The number of nitrogens with zero attached hydrogens (tertiary/aromatic N) is 2. The van der Waals surface area contributed by atoms with Crippen molar-refractivity contribution in [3.8, 4) is 0 Å². The van der Waals surface area contributed by atoms with Crippen LogP contribution < -0.4 is 10.6 Å². The molecule has 2 heterocycles. The number of aromatic nitrogens is 1. The van der Waals surface area contributed by atoms with E-state index in [0.717, 1.165) is 24.0 Å². The Kier molecular flexibility index (Phi) is 2.02. The summed E-state index contributed by atoms with van der Waals surface area (Å²) in [5, 5.41) is 0.530. The van der Waals surface area contributed by atoms with Gasteiger partial charge in [0, 0.05) is 12.6 Å². The first-order chi connectivity index (χ1) is 7.24. The molecule has 0 amide bonds. The average molecular weight is 224 g/mol.